The molecule has 0 spiro atoms. The Balaban J connectivity index is 2.15. The lowest BCUT2D eigenvalue weighted by atomic mass is 10.1. The smallest absolute Gasteiger partial charge is 0.228 e. The second-order valence-corrected chi connectivity index (χ2v) is 4.78. The Morgan fingerprint density at radius 1 is 1.10 bits per heavy atom. The number of halogens is 1. The minimum Gasteiger partial charge on any atom is -0.325 e. The normalized spacial score (nSPS) is 10.3. The highest BCUT2D eigenvalue weighted by atomic mass is 19.1. The van der Waals surface area contributed by atoms with Crippen molar-refractivity contribution in [1.82, 2.24) is 0 Å². The Morgan fingerprint density at radius 2 is 1.80 bits per heavy atom. The summed E-state index contributed by atoms with van der Waals surface area (Å²) < 4.78 is 13.5. The molecule has 0 aliphatic rings. The SMILES string of the molecule is CCc1cccc(C)c1NC(=O)Cc1ccccc1F. The fourth-order valence-corrected chi connectivity index (χ4v) is 2.20. The van der Waals surface area contributed by atoms with E-state index in [9.17, 15) is 9.18 Å². The van der Waals surface area contributed by atoms with Gasteiger partial charge in [-0.05, 0) is 36.1 Å². The summed E-state index contributed by atoms with van der Waals surface area (Å²) in [6.07, 6.45) is 0.890. The molecule has 1 N–H and O–H groups in total. The van der Waals surface area contributed by atoms with Crippen LogP contribution >= 0.6 is 0 Å². The van der Waals surface area contributed by atoms with E-state index in [1.54, 1.807) is 18.2 Å². The van der Waals surface area contributed by atoms with Crippen molar-refractivity contribution in [3.05, 3.63) is 65.0 Å². The van der Waals surface area contributed by atoms with Gasteiger partial charge in [-0.25, -0.2) is 4.39 Å². The van der Waals surface area contributed by atoms with E-state index in [0.29, 0.717) is 5.56 Å². The lowest BCUT2D eigenvalue weighted by Crippen LogP contribution is -2.17. The molecule has 2 aromatic rings. The van der Waals surface area contributed by atoms with E-state index in [0.717, 1.165) is 23.2 Å². The predicted molar refractivity (Wildman–Crippen MR) is 79.3 cm³/mol. The van der Waals surface area contributed by atoms with Gasteiger partial charge < -0.3 is 5.32 Å². The van der Waals surface area contributed by atoms with Gasteiger partial charge in [-0.2, -0.15) is 0 Å². The monoisotopic (exact) mass is 271 g/mol. The van der Waals surface area contributed by atoms with Gasteiger partial charge in [-0.15, -0.1) is 0 Å². The third-order valence-corrected chi connectivity index (χ3v) is 3.31. The second-order valence-electron chi connectivity index (χ2n) is 4.78. The predicted octanol–water partition coefficient (Wildman–Crippen LogP) is 3.88. The largest absolute Gasteiger partial charge is 0.325 e. The molecule has 0 saturated carbocycles. The first-order valence-corrected chi connectivity index (χ1v) is 6.73. The van der Waals surface area contributed by atoms with Crippen molar-refractivity contribution in [2.45, 2.75) is 26.7 Å². The van der Waals surface area contributed by atoms with Gasteiger partial charge in [0.25, 0.3) is 0 Å². The maximum atomic E-state index is 13.5. The highest BCUT2D eigenvalue weighted by molar-refractivity contribution is 5.93. The maximum Gasteiger partial charge on any atom is 0.228 e. The maximum absolute atomic E-state index is 13.5. The van der Waals surface area contributed by atoms with Gasteiger partial charge in [0.05, 0.1) is 6.42 Å². The molecular formula is C17H18FNO. The van der Waals surface area contributed by atoms with Gasteiger partial charge in [0.2, 0.25) is 5.91 Å². The third kappa shape index (κ3) is 3.23. The zero-order valence-electron chi connectivity index (χ0n) is 11.7. The summed E-state index contributed by atoms with van der Waals surface area (Å²) in [5, 5.41) is 2.90. The number of carbonyl (C=O) groups is 1. The molecule has 3 heteroatoms. The van der Waals surface area contributed by atoms with Gasteiger partial charge >= 0.3 is 0 Å². The molecule has 2 rings (SSSR count). The van der Waals surface area contributed by atoms with Crippen LogP contribution in [0.4, 0.5) is 10.1 Å². The summed E-state index contributed by atoms with van der Waals surface area (Å²) in [4.78, 5) is 12.1. The highest BCUT2D eigenvalue weighted by Gasteiger charge is 2.11. The first kappa shape index (κ1) is 14.3. The fourth-order valence-electron chi connectivity index (χ4n) is 2.20. The fraction of sp³-hybridized carbons (Fsp3) is 0.235. The summed E-state index contributed by atoms with van der Waals surface area (Å²) in [5.41, 5.74) is 3.37. The van der Waals surface area contributed by atoms with Crippen LogP contribution in [0, 0.1) is 12.7 Å². The zero-order chi connectivity index (χ0) is 14.5. The Bertz CT molecular complexity index is 622. The number of nitrogens with one attached hydrogen (secondary N) is 1. The summed E-state index contributed by atoms with van der Waals surface area (Å²) in [6.45, 7) is 4.00. The van der Waals surface area contributed by atoms with Crippen LogP contribution in [0.25, 0.3) is 0 Å². The van der Waals surface area contributed by atoms with Gasteiger partial charge in [-0.1, -0.05) is 43.3 Å². The van der Waals surface area contributed by atoms with Crippen LogP contribution in [0.15, 0.2) is 42.5 Å². The first-order chi connectivity index (χ1) is 9.61. The molecule has 0 aliphatic carbocycles. The van der Waals surface area contributed by atoms with Crippen LogP contribution in [0.3, 0.4) is 0 Å². The average molecular weight is 271 g/mol. The van der Waals surface area contributed by atoms with Crippen LogP contribution < -0.4 is 5.32 Å². The standard InChI is InChI=1S/C17H18FNO/c1-3-13-9-6-7-12(2)17(13)19-16(20)11-14-8-4-5-10-15(14)18/h4-10H,3,11H2,1-2H3,(H,19,20). The van der Waals surface area contributed by atoms with Crippen molar-refractivity contribution in [3.63, 3.8) is 0 Å². The molecule has 0 saturated heterocycles. The van der Waals surface area contributed by atoms with Gasteiger partial charge in [0.15, 0.2) is 0 Å². The Labute approximate surface area is 118 Å². The number of benzene rings is 2. The molecule has 0 fully saturated rings. The molecule has 0 atom stereocenters. The Hall–Kier alpha value is -2.16. The summed E-state index contributed by atoms with van der Waals surface area (Å²) in [6, 6.07) is 12.3. The van der Waals surface area contributed by atoms with Crippen molar-refractivity contribution in [3.8, 4) is 0 Å². The minimum absolute atomic E-state index is 0.0458. The molecule has 0 unspecified atom stereocenters. The average Bonchev–Trinajstić information content (AvgIpc) is 2.43. The third-order valence-electron chi connectivity index (χ3n) is 3.31. The quantitative estimate of drug-likeness (QED) is 0.898. The molecule has 1 amide bonds. The van der Waals surface area contributed by atoms with Crippen LogP contribution in [0.2, 0.25) is 0 Å². The molecule has 104 valence electrons. The zero-order valence-corrected chi connectivity index (χ0v) is 11.7. The van der Waals surface area contributed by atoms with Gasteiger partial charge in [0, 0.05) is 5.69 Å². The number of amides is 1. The topological polar surface area (TPSA) is 29.1 Å². The molecule has 2 aromatic carbocycles. The van der Waals surface area contributed by atoms with Crippen LogP contribution in [-0.2, 0) is 17.6 Å². The highest BCUT2D eigenvalue weighted by Crippen LogP contribution is 2.21. The van der Waals surface area contributed by atoms with Crippen molar-refractivity contribution in [2.24, 2.45) is 0 Å². The molecule has 0 aromatic heterocycles. The summed E-state index contributed by atoms with van der Waals surface area (Å²) in [5.74, 6) is -0.540. The van der Waals surface area contributed by atoms with Crippen molar-refractivity contribution in [1.29, 1.82) is 0 Å². The van der Waals surface area contributed by atoms with E-state index in [4.69, 9.17) is 0 Å². The van der Waals surface area contributed by atoms with Crippen LogP contribution in [0.1, 0.15) is 23.6 Å². The van der Waals surface area contributed by atoms with E-state index in [1.165, 1.54) is 6.07 Å². The van der Waals surface area contributed by atoms with E-state index >= 15 is 0 Å². The number of anilines is 1. The molecule has 2 nitrogen and oxygen atoms in total. The van der Waals surface area contributed by atoms with E-state index in [-0.39, 0.29) is 18.1 Å². The van der Waals surface area contributed by atoms with Crippen LogP contribution in [-0.4, -0.2) is 5.91 Å². The lowest BCUT2D eigenvalue weighted by molar-refractivity contribution is -0.115. The van der Waals surface area contributed by atoms with E-state index < -0.39 is 0 Å². The lowest BCUT2D eigenvalue weighted by Gasteiger charge is -2.13. The molecule has 0 heterocycles. The number of carbonyl (C=O) groups excluding carboxylic acids is 1. The minimum atomic E-state index is -0.344. The van der Waals surface area contributed by atoms with E-state index in [2.05, 4.69) is 5.32 Å². The number of aryl methyl sites for hydroxylation is 2. The molecule has 0 aliphatic heterocycles. The Kier molecular flexibility index (Phi) is 4.51. The van der Waals surface area contributed by atoms with E-state index in [1.807, 2.05) is 32.0 Å². The van der Waals surface area contributed by atoms with Gasteiger partial charge in [0.1, 0.15) is 5.82 Å². The number of rotatable bonds is 4. The second kappa shape index (κ2) is 6.33. The molecular weight excluding hydrogens is 253 g/mol. The van der Waals surface area contributed by atoms with Crippen molar-refractivity contribution < 1.29 is 9.18 Å². The first-order valence-electron chi connectivity index (χ1n) is 6.73. The number of para-hydroxylation sites is 1. The van der Waals surface area contributed by atoms with Crippen molar-refractivity contribution >= 4 is 11.6 Å². The summed E-state index contributed by atoms with van der Waals surface area (Å²) in [7, 11) is 0. The van der Waals surface area contributed by atoms with Gasteiger partial charge in [-0.3, -0.25) is 4.79 Å². The number of hydrogen-bond acceptors (Lipinski definition) is 1. The molecule has 0 bridgehead atoms. The Morgan fingerprint density at radius 3 is 2.50 bits per heavy atom. The van der Waals surface area contributed by atoms with Crippen molar-refractivity contribution in [2.75, 3.05) is 5.32 Å². The number of hydrogen-bond donors (Lipinski definition) is 1. The summed E-state index contributed by atoms with van der Waals surface area (Å²) >= 11 is 0. The molecule has 20 heavy (non-hydrogen) atoms. The van der Waals surface area contributed by atoms with Crippen LogP contribution in [0.5, 0.6) is 0 Å². The molecule has 0 radical (unpaired) electrons.